The molecular weight excluding hydrogens is 348 g/mol. The third kappa shape index (κ3) is 3.93. The number of nitrogens with one attached hydrogen (secondary N) is 2. The quantitative estimate of drug-likeness (QED) is 0.507. The second kappa shape index (κ2) is 8.05. The van der Waals surface area contributed by atoms with Crippen LogP contribution in [-0.4, -0.2) is 21.1 Å². The zero-order valence-electron chi connectivity index (χ0n) is 15.8. The maximum Gasteiger partial charge on any atom is 0.224 e. The van der Waals surface area contributed by atoms with Gasteiger partial charge in [0.15, 0.2) is 0 Å². The number of amides is 1. The number of aromatic nitrogens is 3. The van der Waals surface area contributed by atoms with Crippen LogP contribution in [0.5, 0.6) is 0 Å². The Kier molecular flexibility index (Phi) is 5.15. The lowest BCUT2D eigenvalue weighted by atomic mass is 9.96. The molecule has 5 heteroatoms. The van der Waals surface area contributed by atoms with E-state index in [0.29, 0.717) is 6.42 Å². The fourth-order valence-electron chi connectivity index (χ4n) is 3.44. The van der Waals surface area contributed by atoms with Gasteiger partial charge in [-0.25, -0.2) is 0 Å². The Bertz CT molecular complexity index is 1080. The average Bonchev–Trinajstić information content (AvgIpc) is 3.20. The van der Waals surface area contributed by atoms with Crippen molar-refractivity contribution >= 4 is 22.5 Å². The van der Waals surface area contributed by atoms with E-state index in [1.165, 1.54) is 22.3 Å². The molecule has 0 spiro atoms. The van der Waals surface area contributed by atoms with Gasteiger partial charge in [-0.15, -0.1) is 0 Å². The first-order valence-corrected chi connectivity index (χ1v) is 9.42. The van der Waals surface area contributed by atoms with Crippen LogP contribution in [0.2, 0.25) is 0 Å². The van der Waals surface area contributed by atoms with E-state index in [1.54, 1.807) is 12.4 Å². The smallest absolute Gasteiger partial charge is 0.224 e. The predicted octanol–water partition coefficient (Wildman–Crippen LogP) is 4.89. The molecule has 5 nitrogen and oxygen atoms in total. The Morgan fingerprint density at radius 2 is 1.93 bits per heavy atom. The molecule has 0 saturated heterocycles. The van der Waals surface area contributed by atoms with E-state index < -0.39 is 0 Å². The zero-order valence-corrected chi connectivity index (χ0v) is 15.8. The Morgan fingerprint density at radius 1 is 1.07 bits per heavy atom. The third-order valence-electron chi connectivity index (χ3n) is 4.97. The molecule has 0 saturated carbocycles. The van der Waals surface area contributed by atoms with Crippen molar-refractivity contribution in [2.75, 3.05) is 5.32 Å². The minimum Gasteiger partial charge on any atom is -0.325 e. The van der Waals surface area contributed by atoms with Crippen molar-refractivity contribution in [1.82, 2.24) is 15.2 Å². The molecule has 2 aromatic carbocycles. The van der Waals surface area contributed by atoms with Gasteiger partial charge in [0.05, 0.1) is 23.6 Å². The van der Waals surface area contributed by atoms with Gasteiger partial charge in [-0.3, -0.25) is 14.9 Å². The molecule has 2 N–H and O–H groups in total. The molecule has 0 atom stereocenters. The first kappa shape index (κ1) is 17.9. The summed E-state index contributed by atoms with van der Waals surface area (Å²) in [5.74, 6) is 0.0219. The van der Waals surface area contributed by atoms with E-state index in [9.17, 15) is 4.79 Å². The molecule has 1 amide bonds. The SMILES string of the molecule is Cc1c(-c2ccc(CCCC(=O)Nc3cccnc3)cc2)ccc2[nH]ncc12. The number of hydrogen-bond donors (Lipinski definition) is 2. The van der Waals surface area contributed by atoms with Gasteiger partial charge in [-0.1, -0.05) is 30.3 Å². The molecule has 0 unspecified atom stereocenters. The lowest BCUT2D eigenvalue weighted by Crippen LogP contribution is -2.11. The molecule has 140 valence electrons. The highest BCUT2D eigenvalue weighted by Crippen LogP contribution is 2.29. The number of anilines is 1. The normalized spacial score (nSPS) is 10.9. The van der Waals surface area contributed by atoms with Gasteiger partial charge in [-0.2, -0.15) is 5.10 Å². The van der Waals surface area contributed by atoms with Crippen molar-refractivity contribution < 1.29 is 4.79 Å². The van der Waals surface area contributed by atoms with Crippen molar-refractivity contribution in [3.63, 3.8) is 0 Å². The summed E-state index contributed by atoms with van der Waals surface area (Å²) < 4.78 is 0. The number of benzene rings is 2. The number of aromatic amines is 1. The predicted molar refractivity (Wildman–Crippen MR) is 112 cm³/mol. The highest BCUT2D eigenvalue weighted by atomic mass is 16.1. The molecule has 4 rings (SSSR count). The summed E-state index contributed by atoms with van der Waals surface area (Å²) >= 11 is 0. The highest BCUT2D eigenvalue weighted by Gasteiger charge is 2.08. The molecule has 0 aliphatic heterocycles. The number of fused-ring (bicyclic) bond motifs is 1. The van der Waals surface area contributed by atoms with Crippen LogP contribution in [0.4, 0.5) is 5.69 Å². The molecule has 0 aliphatic carbocycles. The van der Waals surface area contributed by atoms with Crippen LogP contribution >= 0.6 is 0 Å². The summed E-state index contributed by atoms with van der Waals surface area (Å²) in [7, 11) is 0. The first-order chi connectivity index (χ1) is 13.7. The van der Waals surface area contributed by atoms with Crippen molar-refractivity contribution in [2.45, 2.75) is 26.2 Å². The molecule has 2 heterocycles. The minimum atomic E-state index is 0.0219. The van der Waals surface area contributed by atoms with E-state index in [2.05, 4.69) is 63.8 Å². The summed E-state index contributed by atoms with van der Waals surface area (Å²) in [6.07, 6.45) is 7.39. The summed E-state index contributed by atoms with van der Waals surface area (Å²) in [6.45, 7) is 2.13. The third-order valence-corrected chi connectivity index (χ3v) is 4.97. The number of carbonyl (C=O) groups is 1. The lowest BCUT2D eigenvalue weighted by molar-refractivity contribution is -0.116. The second-order valence-electron chi connectivity index (χ2n) is 6.91. The number of hydrogen-bond acceptors (Lipinski definition) is 3. The van der Waals surface area contributed by atoms with Crippen molar-refractivity contribution in [1.29, 1.82) is 0 Å². The fraction of sp³-hybridized carbons (Fsp3) is 0.174. The monoisotopic (exact) mass is 370 g/mol. The molecular formula is C23H22N4O. The Morgan fingerprint density at radius 3 is 2.71 bits per heavy atom. The Hall–Kier alpha value is -3.47. The maximum absolute atomic E-state index is 12.0. The summed E-state index contributed by atoms with van der Waals surface area (Å²) in [4.78, 5) is 16.0. The van der Waals surface area contributed by atoms with E-state index in [0.717, 1.165) is 29.4 Å². The summed E-state index contributed by atoms with van der Waals surface area (Å²) in [6, 6.07) is 16.4. The second-order valence-corrected chi connectivity index (χ2v) is 6.91. The molecule has 0 fully saturated rings. The minimum absolute atomic E-state index is 0.0219. The van der Waals surface area contributed by atoms with E-state index in [1.807, 2.05) is 18.3 Å². The molecule has 4 aromatic rings. The van der Waals surface area contributed by atoms with E-state index in [4.69, 9.17) is 0 Å². The van der Waals surface area contributed by atoms with Gasteiger partial charge in [0.2, 0.25) is 5.91 Å². The molecule has 0 aliphatic rings. The average molecular weight is 370 g/mol. The number of aryl methyl sites for hydroxylation is 2. The molecule has 28 heavy (non-hydrogen) atoms. The van der Waals surface area contributed by atoms with Crippen molar-refractivity contribution in [3.8, 4) is 11.1 Å². The van der Waals surface area contributed by atoms with Gasteiger partial charge >= 0.3 is 0 Å². The van der Waals surface area contributed by atoms with Gasteiger partial charge in [0.25, 0.3) is 0 Å². The van der Waals surface area contributed by atoms with Crippen LogP contribution in [-0.2, 0) is 11.2 Å². The number of pyridine rings is 1. The van der Waals surface area contributed by atoms with Gasteiger partial charge < -0.3 is 5.32 Å². The standard InChI is InChI=1S/C23H22N4O/c1-16-20(11-12-22-21(16)15-25-27-22)18-9-7-17(8-10-18)4-2-6-23(28)26-19-5-3-13-24-14-19/h3,5,7-15H,2,4,6H2,1H3,(H,25,27)(H,26,28). The van der Waals surface area contributed by atoms with Crippen LogP contribution in [0.1, 0.15) is 24.0 Å². The van der Waals surface area contributed by atoms with Crippen LogP contribution < -0.4 is 5.32 Å². The van der Waals surface area contributed by atoms with Crippen LogP contribution in [0, 0.1) is 6.92 Å². The molecule has 0 radical (unpaired) electrons. The Balaban J connectivity index is 1.35. The van der Waals surface area contributed by atoms with Crippen molar-refractivity contribution in [3.05, 3.63) is 78.2 Å². The highest BCUT2D eigenvalue weighted by molar-refractivity contribution is 5.90. The Labute approximate surface area is 163 Å². The topological polar surface area (TPSA) is 70.7 Å². The molecule has 2 aromatic heterocycles. The fourth-order valence-corrected chi connectivity index (χ4v) is 3.44. The number of H-pyrrole nitrogens is 1. The largest absolute Gasteiger partial charge is 0.325 e. The van der Waals surface area contributed by atoms with Gasteiger partial charge in [0.1, 0.15) is 0 Å². The number of nitrogens with zero attached hydrogens (tertiary/aromatic N) is 2. The summed E-state index contributed by atoms with van der Waals surface area (Å²) in [5, 5.41) is 11.2. The van der Waals surface area contributed by atoms with Crippen LogP contribution in [0.15, 0.2) is 67.1 Å². The molecule has 0 bridgehead atoms. The zero-order chi connectivity index (χ0) is 19.3. The van der Waals surface area contributed by atoms with Crippen LogP contribution in [0.3, 0.4) is 0 Å². The summed E-state index contributed by atoms with van der Waals surface area (Å²) in [5.41, 5.74) is 6.67. The number of rotatable bonds is 6. The number of carbonyl (C=O) groups excluding carboxylic acids is 1. The van der Waals surface area contributed by atoms with Crippen LogP contribution in [0.25, 0.3) is 22.0 Å². The maximum atomic E-state index is 12.0. The van der Waals surface area contributed by atoms with Gasteiger partial charge in [-0.05, 0) is 60.2 Å². The van der Waals surface area contributed by atoms with Crippen molar-refractivity contribution in [2.24, 2.45) is 0 Å². The lowest BCUT2D eigenvalue weighted by Gasteiger charge is -2.09. The first-order valence-electron chi connectivity index (χ1n) is 9.42. The van der Waals surface area contributed by atoms with E-state index in [-0.39, 0.29) is 5.91 Å². The van der Waals surface area contributed by atoms with Gasteiger partial charge in [0, 0.05) is 18.0 Å². The van der Waals surface area contributed by atoms with E-state index >= 15 is 0 Å².